The van der Waals surface area contributed by atoms with Gasteiger partial charge in [0.15, 0.2) is 0 Å². The maximum atomic E-state index is 13.5. The summed E-state index contributed by atoms with van der Waals surface area (Å²) in [5.74, 6) is -0.165. The van der Waals surface area contributed by atoms with Crippen LogP contribution in [0.1, 0.15) is 50.5 Å². The average molecular weight is 409 g/mol. The minimum atomic E-state index is -3.53. The van der Waals surface area contributed by atoms with E-state index in [1.807, 2.05) is 0 Å². The lowest BCUT2D eigenvalue weighted by atomic mass is 9.68. The molecular formula is C21H29FN2O3S. The first-order valence-electron chi connectivity index (χ1n) is 10.4. The number of halogens is 1. The molecule has 0 bridgehead atoms. The minimum Gasteiger partial charge on any atom is -0.356 e. The molecule has 3 fully saturated rings. The van der Waals surface area contributed by atoms with Crippen molar-refractivity contribution in [2.24, 2.45) is 17.3 Å². The molecule has 4 rings (SSSR count). The normalized spacial score (nSPS) is 25.1. The Kier molecular flexibility index (Phi) is 5.49. The van der Waals surface area contributed by atoms with Crippen molar-refractivity contribution in [2.45, 2.75) is 50.7 Å². The van der Waals surface area contributed by atoms with Crippen molar-refractivity contribution in [1.29, 1.82) is 0 Å². The van der Waals surface area contributed by atoms with E-state index in [9.17, 15) is 17.6 Å². The molecule has 1 aromatic carbocycles. The molecule has 154 valence electrons. The highest BCUT2D eigenvalue weighted by Crippen LogP contribution is 2.48. The fourth-order valence-corrected chi connectivity index (χ4v) is 6.59. The van der Waals surface area contributed by atoms with Crippen LogP contribution in [0.25, 0.3) is 0 Å². The summed E-state index contributed by atoms with van der Waals surface area (Å²) in [6.07, 6.45) is 7.39. The van der Waals surface area contributed by atoms with Crippen LogP contribution in [0, 0.1) is 23.1 Å². The molecule has 1 atom stereocenters. The lowest BCUT2D eigenvalue weighted by Gasteiger charge is -2.38. The second kappa shape index (κ2) is 7.75. The minimum absolute atomic E-state index is 0.0376. The van der Waals surface area contributed by atoms with Crippen molar-refractivity contribution in [1.82, 2.24) is 9.62 Å². The predicted octanol–water partition coefficient (Wildman–Crippen LogP) is 3.06. The van der Waals surface area contributed by atoms with Crippen LogP contribution >= 0.6 is 0 Å². The molecule has 0 radical (unpaired) electrons. The molecule has 0 aromatic heterocycles. The number of carbonyl (C=O) groups is 1. The lowest BCUT2D eigenvalue weighted by molar-refractivity contribution is -0.122. The summed E-state index contributed by atoms with van der Waals surface area (Å²) in [6.45, 7) is 1.53. The first-order valence-corrected chi connectivity index (χ1v) is 12.0. The molecule has 3 aliphatic rings. The molecule has 1 saturated heterocycles. The van der Waals surface area contributed by atoms with Crippen LogP contribution in [0.4, 0.5) is 4.39 Å². The third kappa shape index (κ3) is 4.25. The smallest absolute Gasteiger partial charge is 0.223 e. The Bertz CT molecular complexity index is 832. The molecule has 1 aliphatic heterocycles. The van der Waals surface area contributed by atoms with E-state index in [1.165, 1.54) is 18.6 Å². The summed E-state index contributed by atoms with van der Waals surface area (Å²) < 4.78 is 41.2. The van der Waals surface area contributed by atoms with E-state index < -0.39 is 15.8 Å². The summed E-state index contributed by atoms with van der Waals surface area (Å²) in [5, 5.41) is 3.08. The third-order valence-electron chi connectivity index (χ3n) is 6.73. The largest absolute Gasteiger partial charge is 0.356 e. The predicted molar refractivity (Wildman–Crippen MR) is 105 cm³/mol. The number of hydrogen-bond donors (Lipinski definition) is 1. The van der Waals surface area contributed by atoms with E-state index in [0.29, 0.717) is 25.2 Å². The highest BCUT2D eigenvalue weighted by molar-refractivity contribution is 7.88. The van der Waals surface area contributed by atoms with Crippen LogP contribution in [0.15, 0.2) is 24.3 Å². The second-order valence-corrected chi connectivity index (χ2v) is 10.8. The molecule has 1 spiro atoms. The molecule has 2 aliphatic carbocycles. The number of rotatable bonds is 6. The average Bonchev–Trinajstić information content (AvgIpc) is 3.44. The number of benzene rings is 1. The van der Waals surface area contributed by atoms with Crippen LogP contribution in [0.3, 0.4) is 0 Å². The third-order valence-corrected chi connectivity index (χ3v) is 8.50. The number of nitrogens with one attached hydrogen (secondary N) is 1. The van der Waals surface area contributed by atoms with Gasteiger partial charge in [-0.3, -0.25) is 4.79 Å². The van der Waals surface area contributed by atoms with Crippen LogP contribution in [0.5, 0.6) is 0 Å². The van der Waals surface area contributed by atoms with E-state index in [1.54, 1.807) is 16.4 Å². The van der Waals surface area contributed by atoms with E-state index in [4.69, 9.17) is 0 Å². The summed E-state index contributed by atoms with van der Waals surface area (Å²) in [5.41, 5.74) is 0.438. The maximum absolute atomic E-state index is 13.5. The van der Waals surface area contributed by atoms with E-state index in [0.717, 1.165) is 38.5 Å². The molecule has 28 heavy (non-hydrogen) atoms. The van der Waals surface area contributed by atoms with E-state index >= 15 is 0 Å². The number of nitrogens with zero attached hydrogens (tertiary/aromatic N) is 1. The molecule has 2 saturated carbocycles. The zero-order valence-electron chi connectivity index (χ0n) is 16.2. The van der Waals surface area contributed by atoms with Gasteiger partial charge in [0.1, 0.15) is 5.82 Å². The van der Waals surface area contributed by atoms with Crippen molar-refractivity contribution in [3.05, 3.63) is 35.6 Å². The summed E-state index contributed by atoms with van der Waals surface area (Å²) in [7, 11) is -3.53. The van der Waals surface area contributed by atoms with Gasteiger partial charge in [0.2, 0.25) is 15.9 Å². The zero-order chi connectivity index (χ0) is 19.8. The summed E-state index contributed by atoms with van der Waals surface area (Å²) in [6, 6.07) is 5.81. The van der Waals surface area contributed by atoms with Gasteiger partial charge in [0, 0.05) is 25.6 Å². The molecule has 1 N–H and O–H groups in total. The molecule has 5 nitrogen and oxygen atoms in total. The molecular weight excluding hydrogens is 379 g/mol. The van der Waals surface area contributed by atoms with Gasteiger partial charge in [0.05, 0.1) is 5.75 Å². The van der Waals surface area contributed by atoms with Crippen molar-refractivity contribution in [3.8, 4) is 0 Å². The maximum Gasteiger partial charge on any atom is 0.223 e. The highest BCUT2D eigenvalue weighted by atomic mass is 32.2. The van der Waals surface area contributed by atoms with Crippen molar-refractivity contribution >= 4 is 15.9 Å². The van der Waals surface area contributed by atoms with E-state index in [2.05, 4.69) is 5.32 Å². The Balaban J connectivity index is 1.48. The fourth-order valence-electron chi connectivity index (χ4n) is 4.94. The monoisotopic (exact) mass is 408 g/mol. The topological polar surface area (TPSA) is 66.5 Å². The fraction of sp³-hybridized carbons (Fsp3) is 0.667. The Morgan fingerprint density at radius 2 is 1.96 bits per heavy atom. The Morgan fingerprint density at radius 1 is 1.21 bits per heavy atom. The first kappa shape index (κ1) is 19.8. The van der Waals surface area contributed by atoms with Gasteiger partial charge in [-0.1, -0.05) is 31.4 Å². The molecule has 1 amide bonds. The van der Waals surface area contributed by atoms with Crippen LogP contribution in [0.2, 0.25) is 0 Å². The van der Waals surface area contributed by atoms with Crippen LogP contribution < -0.4 is 5.32 Å². The Hall–Kier alpha value is -1.47. The van der Waals surface area contributed by atoms with Gasteiger partial charge in [-0.25, -0.2) is 17.1 Å². The number of sulfonamides is 1. The second-order valence-electron chi connectivity index (χ2n) is 8.82. The lowest BCUT2D eigenvalue weighted by Crippen LogP contribution is -2.40. The quantitative estimate of drug-likeness (QED) is 0.787. The first-order chi connectivity index (χ1) is 13.4. The van der Waals surface area contributed by atoms with Gasteiger partial charge in [0.25, 0.3) is 0 Å². The standard InChI is InChI=1S/C21H29FN2O3S/c22-19-6-4-5-16(11-19)14-28(26,27)24-13-18(12-23-20(25)17-7-8-17)21(15-24)9-2-1-3-10-21/h4-6,11,17-18H,1-3,7-10,12-15H2,(H,23,25). The van der Waals surface area contributed by atoms with Crippen molar-refractivity contribution in [3.63, 3.8) is 0 Å². The van der Waals surface area contributed by atoms with Crippen molar-refractivity contribution in [2.75, 3.05) is 19.6 Å². The summed E-state index contributed by atoms with van der Waals surface area (Å²) in [4.78, 5) is 12.1. The highest BCUT2D eigenvalue weighted by Gasteiger charge is 2.50. The van der Waals surface area contributed by atoms with Crippen LogP contribution in [-0.2, 0) is 20.6 Å². The zero-order valence-corrected chi connectivity index (χ0v) is 17.0. The molecule has 1 unspecified atom stereocenters. The van der Waals surface area contributed by atoms with Gasteiger partial charge in [-0.15, -0.1) is 0 Å². The summed E-state index contributed by atoms with van der Waals surface area (Å²) >= 11 is 0. The molecule has 7 heteroatoms. The van der Waals surface area contributed by atoms with Gasteiger partial charge in [-0.05, 0) is 54.7 Å². The van der Waals surface area contributed by atoms with Crippen molar-refractivity contribution < 1.29 is 17.6 Å². The van der Waals surface area contributed by atoms with Crippen LogP contribution in [-0.4, -0.2) is 38.3 Å². The number of hydrogen-bond acceptors (Lipinski definition) is 3. The number of carbonyl (C=O) groups excluding carboxylic acids is 1. The number of amides is 1. The SMILES string of the molecule is O=C(NCC1CN(S(=O)(=O)Cc2cccc(F)c2)CC12CCCCC2)C1CC1. The Morgan fingerprint density at radius 3 is 2.64 bits per heavy atom. The Labute approximate surface area is 166 Å². The van der Waals surface area contributed by atoms with Gasteiger partial charge < -0.3 is 5.32 Å². The molecule has 1 heterocycles. The molecule has 1 aromatic rings. The van der Waals surface area contributed by atoms with Gasteiger partial charge >= 0.3 is 0 Å². The van der Waals surface area contributed by atoms with Gasteiger partial charge in [-0.2, -0.15) is 0 Å². The van der Waals surface area contributed by atoms with E-state index in [-0.39, 0.29) is 28.9 Å².